The van der Waals surface area contributed by atoms with Gasteiger partial charge in [-0.2, -0.15) is 10.1 Å². The van der Waals surface area contributed by atoms with Crippen LogP contribution in [0, 0.1) is 5.82 Å². The number of nitrogens with zero attached hydrogens (tertiary/aromatic N) is 3. The molecule has 6 nitrogen and oxygen atoms in total. The van der Waals surface area contributed by atoms with Crippen LogP contribution in [-0.2, 0) is 11.4 Å². The molecule has 1 atom stereocenters. The van der Waals surface area contributed by atoms with Gasteiger partial charge >= 0.3 is 0 Å². The van der Waals surface area contributed by atoms with Crippen LogP contribution in [0.25, 0.3) is 0 Å². The van der Waals surface area contributed by atoms with E-state index in [0.29, 0.717) is 22.3 Å². The molecule has 0 bridgehead atoms. The molecule has 0 saturated heterocycles. The minimum Gasteiger partial charge on any atom is -0.488 e. The third-order valence-corrected chi connectivity index (χ3v) is 4.85. The highest BCUT2D eigenvalue weighted by Crippen LogP contribution is 2.36. The summed E-state index contributed by atoms with van der Waals surface area (Å²) in [6.07, 6.45) is 1.51. The Labute approximate surface area is 163 Å². The number of aromatic nitrogens is 3. The molecule has 3 aromatic rings. The van der Waals surface area contributed by atoms with Crippen LogP contribution in [0.1, 0.15) is 23.6 Å². The monoisotopic (exact) mass is 406 g/mol. The first kappa shape index (κ1) is 17.8. The number of anilines is 1. The predicted molar refractivity (Wildman–Crippen MR) is 98.6 cm³/mol. The van der Waals surface area contributed by atoms with Crippen LogP contribution < -0.4 is 10.1 Å². The lowest BCUT2D eigenvalue weighted by Crippen LogP contribution is -2.29. The third kappa shape index (κ3) is 3.48. The molecule has 2 heterocycles. The number of nitrogens with one attached hydrogen (secondary N) is 1. The largest absolute Gasteiger partial charge is 0.488 e. The number of halogens is 3. The Morgan fingerprint density at radius 1 is 1.30 bits per heavy atom. The Kier molecular flexibility index (Phi) is 4.72. The van der Waals surface area contributed by atoms with Crippen LogP contribution in [0.2, 0.25) is 10.0 Å². The van der Waals surface area contributed by atoms with Crippen molar-refractivity contribution in [2.45, 2.75) is 19.1 Å². The van der Waals surface area contributed by atoms with Crippen molar-refractivity contribution in [1.82, 2.24) is 14.8 Å². The Morgan fingerprint density at radius 2 is 2.15 bits per heavy atom. The summed E-state index contributed by atoms with van der Waals surface area (Å²) in [5.41, 5.74) is 0.902. The van der Waals surface area contributed by atoms with Gasteiger partial charge in [-0.15, -0.1) is 0 Å². The highest BCUT2D eigenvalue weighted by molar-refractivity contribution is 6.31. The number of carbonyl (C=O) groups is 1. The number of amides is 1. The molecule has 1 unspecified atom stereocenters. The maximum Gasteiger partial charge on any atom is 0.229 e. The van der Waals surface area contributed by atoms with Gasteiger partial charge in [-0.05, 0) is 30.3 Å². The second-order valence-corrected chi connectivity index (χ2v) is 6.81. The van der Waals surface area contributed by atoms with E-state index in [2.05, 4.69) is 15.4 Å². The van der Waals surface area contributed by atoms with Crippen molar-refractivity contribution in [3.63, 3.8) is 0 Å². The molecule has 0 spiro atoms. The van der Waals surface area contributed by atoms with Gasteiger partial charge in [0.25, 0.3) is 0 Å². The van der Waals surface area contributed by atoms with Crippen LogP contribution in [0.15, 0.2) is 42.7 Å². The topological polar surface area (TPSA) is 69.0 Å². The van der Waals surface area contributed by atoms with Crippen LogP contribution in [0.4, 0.5) is 10.3 Å². The van der Waals surface area contributed by atoms with E-state index in [9.17, 15) is 9.18 Å². The lowest BCUT2D eigenvalue weighted by atomic mass is 10.0. The highest BCUT2D eigenvalue weighted by Gasteiger charge is 2.30. The van der Waals surface area contributed by atoms with Gasteiger partial charge in [0.05, 0.1) is 17.5 Å². The quantitative estimate of drug-likeness (QED) is 0.703. The van der Waals surface area contributed by atoms with Gasteiger partial charge in [-0.1, -0.05) is 29.3 Å². The summed E-state index contributed by atoms with van der Waals surface area (Å²) in [5.74, 6) is 0.163. The first-order chi connectivity index (χ1) is 13.0. The Hall–Kier alpha value is -2.64. The first-order valence-electron chi connectivity index (χ1n) is 8.07. The van der Waals surface area contributed by atoms with Gasteiger partial charge in [0.15, 0.2) is 0 Å². The molecule has 138 valence electrons. The standard InChI is InChI=1S/C18H13Cl2FN4O2/c19-10-4-5-16(27-8-12-13(20)2-1-3-14(12)21)11(6-10)15-7-17(26)24-18-22-9-23-25(15)18/h1-6,9,15H,7-8H2,(H,22,23,24,26). The number of hydrogen-bond donors (Lipinski definition) is 1. The average Bonchev–Trinajstić information content (AvgIpc) is 3.10. The summed E-state index contributed by atoms with van der Waals surface area (Å²) < 4.78 is 21.5. The Bertz CT molecular complexity index is 1000. The first-order valence-corrected chi connectivity index (χ1v) is 8.83. The maximum absolute atomic E-state index is 14.0. The normalized spacial score (nSPS) is 16.0. The van der Waals surface area contributed by atoms with E-state index >= 15 is 0 Å². The Morgan fingerprint density at radius 3 is 2.96 bits per heavy atom. The van der Waals surface area contributed by atoms with Crippen molar-refractivity contribution in [2.24, 2.45) is 0 Å². The zero-order valence-electron chi connectivity index (χ0n) is 13.8. The van der Waals surface area contributed by atoms with E-state index < -0.39 is 11.9 Å². The lowest BCUT2D eigenvalue weighted by Gasteiger charge is -2.25. The molecule has 1 aromatic heterocycles. The number of fused-ring (bicyclic) bond motifs is 1. The minimum atomic E-state index is -0.450. The van der Waals surface area contributed by atoms with Crippen molar-refractivity contribution >= 4 is 35.1 Å². The summed E-state index contributed by atoms with van der Waals surface area (Å²) >= 11 is 12.2. The smallest absolute Gasteiger partial charge is 0.229 e. The molecule has 0 aliphatic carbocycles. The SMILES string of the molecule is O=C1CC(c2cc(Cl)ccc2OCc2c(F)cccc2Cl)n2ncnc2N1. The fraction of sp³-hybridized carbons (Fsp3) is 0.167. The van der Waals surface area contributed by atoms with Gasteiger partial charge in [0, 0.05) is 16.1 Å². The average molecular weight is 407 g/mol. The Balaban J connectivity index is 1.69. The highest BCUT2D eigenvalue weighted by atomic mass is 35.5. The summed E-state index contributed by atoms with van der Waals surface area (Å²) in [6.45, 7) is -0.0662. The minimum absolute atomic E-state index is 0.0662. The van der Waals surface area contributed by atoms with Crippen molar-refractivity contribution in [3.8, 4) is 5.75 Å². The van der Waals surface area contributed by atoms with Gasteiger partial charge < -0.3 is 4.74 Å². The third-order valence-electron chi connectivity index (χ3n) is 4.26. The zero-order chi connectivity index (χ0) is 19.0. The van der Waals surface area contributed by atoms with E-state index in [-0.39, 0.29) is 29.5 Å². The number of carbonyl (C=O) groups excluding carboxylic acids is 1. The van der Waals surface area contributed by atoms with Crippen molar-refractivity contribution in [3.05, 3.63) is 69.7 Å². The van der Waals surface area contributed by atoms with E-state index in [4.69, 9.17) is 27.9 Å². The summed E-state index contributed by atoms with van der Waals surface area (Å²) in [7, 11) is 0. The molecule has 27 heavy (non-hydrogen) atoms. The molecular weight excluding hydrogens is 394 g/mol. The van der Waals surface area contributed by atoms with E-state index in [1.807, 2.05) is 0 Å². The second kappa shape index (κ2) is 7.17. The molecule has 4 rings (SSSR count). The van der Waals surface area contributed by atoms with Gasteiger partial charge in [0.1, 0.15) is 24.5 Å². The molecule has 0 fully saturated rings. The van der Waals surface area contributed by atoms with Crippen LogP contribution in [-0.4, -0.2) is 20.7 Å². The number of benzene rings is 2. The maximum atomic E-state index is 14.0. The molecule has 1 aliphatic rings. The molecular formula is C18H13Cl2FN4O2. The lowest BCUT2D eigenvalue weighted by molar-refractivity contribution is -0.117. The molecule has 2 aromatic carbocycles. The predicted octanol–water partition coefficient (Wildman–Crippen LogP) is 4.23. The summed E-state index contributed by atoms with van der Waals surface area (Å²) in [6, 6.07) is 9.04. The van der Waals surface area contributed by atoms with E-state index in [1.165, 1.54) is 18.5 Å². The van der Waals surface area contributed by atoms with Gasteiger partial charge in [0.2, 0.25) is 11.9 Å². The molecule has 0 radical (unpaired) electrons. The summed E-state index contributed by atoms with van der Waals surface area (Å²) in [5, 5.41) is 7.59. The number of ether oxygens (including phenoxy) is 1. The molecule has 1 amide bonds. The van der Waals surface area contributed by atoms with Crippen LogP contribution >= 0.6 is 23.2 Å². The fourth-order valence-corrected chi connectivity index (χ4v) is 3.38. The molecule has 9 heteroatoms. The second-order valence-electron chi connectivity index (χ2n) is 5.97. The number of hydrogen-bond acceptors (Lipinski definition) is 4. The molecule has 1 aliphatic heterocycles. The fourth-order valence-electron chi connectivity index (χ4n) is 2.98. The van der Waals surface area contributed by atoms with E-state index in [0.717, 1.165) is 0 Å². The van der Waals surface area contributed by atoms with Gasteiger partial charge in [-0.3, -0.25) is 10.1 Å². The zero-order valence-corrected chi connectivity index (χ0v) is 15.3. The van der Waals surface area contributed by atoms with Crippen molar-refractivity contribution in [1.29, 1.82) is 0 Å². The molecule has 1 N–H and O–H groups in total. The van der Waals surface area contributed by atoms with Crippen LogP contribution in [0.5, 0.6) is 5.75 Å². The van der Waals surface area contributed by atoms with Gasteiger partial charge in [-0.25, -0.2) is 9.07 Å². The van der Waals surface area contributed by atoms with E-state index in [1.54, 1.807) is 28.9 Å². The molecule has 0 saturated carbocycles. The number of rotatable bonds is 4. The van der Waals surface area contributed by atoms with Crippen LogP contribution in [0.3, 0.4) is 0 Å². The summed E-state index contributed by atoms with van der Waals surface area (Å²) in [4.78, 5) is 16.1. The van der Waals surface area contributed by atoms with Crippen molar-refractivity contribution < 1.29 is 13.9 Å². The van der Waals surface area contributed by atoms with Crippen molar-refractivity contribution in [2.75, 3.05) is 5.32 Å².